The molecule has 2 rings (SSSR count). The number of nitrogens with two attached hydrogens (primary N) is 1. The Bertz CT molecular complexity index is 645. The SMILES string of the molecule is Cc1ccc(-c2cc(C(=O)N(C)CCC(N)C(C)C)[nH]n2)cc1. The van der Waals surface area contributed by atoms with Crippen molar-refractivity contribution in [2.24, 2.45) is 11.7 Å². The van der Waals surface area contributed by atoms with Gasteiger partial charge in [-0.2, -0.15) is 5.10 Å². The number of carbonyl (C=O) groups is 1. The highest BCUT2D eigenvalue weighted by Gasteiger charge is 2.17. The zero-order valence-electron chi connectivity index (χ0n) is 14.3. The molecule has 124 valence electrons. The molecule has 2 aromatic rings. The van der Waals surface area contributed by atoms with Crippen LogP contribution in [-0.2, 0) is 0 Å². The Morgan fingerprint density at radius 1 is 1.30 bits per heavy atom. The third-order valence-corrected chi connectivity index (χ3v) is 4.16. The van der Waals surface area contributed by atoms with E-state index < -0.39 is 0 Å². The maximum absolute atomic E-state index is 12.4. The first-order valence-electron chi connectivity index (χ1n) is 8.02. The molecule has 0 saturated heterocycles. The molecule has 1 amide bonds. The average molecular weight is 314 g/mol. The van der Waals surface area contributed by atoms with Crippen molar-refractivity contribution in [3.63, 3.8) is 0 Å². The van der Waals surface area contributed by atoms with Gasteiger partial charge in [0.15, 0.2) is 0 Å². The standard InChI is InChI=1S/C18H26N4O/c1-12(2)15(19)9-10-22(4)18(23)17-11-16(20-21-17)14-7-5-13(3)6-8-14/h5-8,11-12,15H,9-10,19H2,1-4H3,(H,20,21). The average Bonchev–Trinajstić information content (AvgIpc) is 3.01. The van der Waals surface area contributed by atoms with Gasteiger partial charge in [0.2, 0.25) is 0 Å². The number of carbonyl (C=O) groups excluding carboxylic acids is 1. The van der Waals surface area contributed by atoms with Crippen LogP contribution in [0.5, 0.6) is 0 Å². The first-order chi connectivity index (χ1) is 10.9. The van der Waals surface area contributed by atoms with Crippen LogP contribution in [0.25, 0.3) is 11.3 Å². The molecule has 1 unspecified atom stereocenters. The third kappa shape index (κ3) is 4.42. The van der Waals surface area contributed by atoms with Crippen molar-refractivity contribution in [3.8, 4) is 11.3 Å². The summed E-state index contributed by atoms with van der Waals surface area (Å²) in [6, 6.07) is 9.98. The smallest absolute Gasteiger partial charge is 0.271 e. The molecule has 0 fully saturated rings. The Kier molecular flexibility index (Phi) is 5.55. The molecular weight excluding hydrogens is 288 g/mol. The Hall–Kier alpha value is -2.14. The fourth-order valence-corrected chi connectivity index (χ4v) is 2.29. The molecular formula is C18H26N4O. The molecule has 0 aliphatic carbocycles. The molecule has 1 heterocycles. The van der Waals surface area contributed by atoms with Crippen LogP contribution in [0, 0.1) is 12.8 Å². The molecule has 3 N–H and O–H groups in total. The van der Waals surface area contributed by atoms with E-state index in [0.29, 0.717) is 18.2 Å². The van der Waals surface area contributed by atoms with Gasteiger partial charge in [-0.25, -0.2) is 0 Å². The van der Waals surface area contributed by atoms with Gasteiger partial charge in [-0.15, -0.1) is 0 Å². The number of aryl methyl sites for hydroxylation is 1. The van der Waals surface area contributed by atoms with Crippen LogP contribution in [-0.4, -0.2) is 40.6 Å². The van der Waals surface area contributed by atoms with Gasteiger partial charge in [0.05, 0.1) is 5.69 Å². The van der Waals surface area contributed by atoms with Crippen molar-refractivity contribution in [3.05, 3.63) is 41.6 Å². The van der Waals surface area contributed by atoms with E-state index in [0.717, 1.165) is 17.7 Å². The Morgan fingerprint density at radius 2 is 1.96 bits per heavy atom. The quantitative estimate of drug-likeness (QED) is 0.861. The first kappa shape index (κ1) is 17.2. The summed E-state index contributed by atoms with van der Waals surface area (Å²) >= 11 is 0. The Balaban J connectivity index is 2.01. The van der Waals surface area contributed by atoms with E-state index >= 15 is 0 Å². The number of benzene rings is 1. The number of H-pyrrole nitrogens is 1. The van der Waals surface area contributed by atoms with Crippen LogP contribution in [0.15, 0.2) is 30.3 Å². The number of rotatable bonds is 6. The van der Waals surface area contributed by atoms with Crippen LogP contribution in [0.3, 0.4) is 0 Å². The molecule has 5 heteroatoms. The highest BCUT2D eigenvalue weighted by atomic mass is 16.2. The summed E-state index contributed by atoms with van der Waals surface area (Å²) in [7, 11) is 1.79. The number of aromatic nitrogens is 2. The number of nitrogens with one attached hydrogen (secondary N) is 1. The van der Waals surface area contributed by atoms with E-state index in [1.165, 1.54) is 5.56 Å². The van der Waals surface area contributed by atoms with E-state index in [9.17, 15) is 4.79 Å². The minimum Gasteiger partial charge on any atom is -0.340 e. The van der Waals surface area contributed by atoms with Crippen molar-refractivity contribution < 1.29 is 4.79 Å². The van der Waals surface area contributed by atoms with Crippen molar-refractivity contribution in [1.29, 1.82) is 0 Å². The van der Waals surface area contributed by atoms with Crippen molar-refractivity contribution in [1.82, 2.24) is 15.1 Å². The van der Waals surface area contributed by atoms with Gasteiger partial charge in [-0.1, -0.05) is 43.7 Å². The van der Waals surface area contributed by atoms with Gasteiger partial charge in [-0.05, 0) is 25.3 Å². The lowest BCUT2D eigenvalue weighted by atomic mass is 10.0. The highest BCUT2D eigenvalue weighted by molar-refractivity contribution is 5.93. The molecule has 1 atom stereocenters. The summed E-state index contributed by atoms with van der Waals surface area (Å²) in [5, 5.41) is 7.08. The maximum atomic E-state index is 12.4. The van der Waals surface area contributed by atoms with Gasteiger partial charge in [0.25, 0.3) is 5.91 Å². The summed E-state index contributed by atoms with van der Waals surface area (Å²) in [5.41, 5.74) is 9.51. The van der Waals surface area contributed by atoms with Crippen molar-refractivity contribution in [2.75, 3.05) is 13.6 Å². The van der Waals surface area contributed by atoms with Gasteiger partial charge >= 0.3 is 0 Å². The zero-order chi connectivity index (χ0) is 17.0. The number of aromatic amines is 1. The minimum atomic E-state index is -0.0631. The van der Waals surface area contributed by atoms with Gasteiger partial charge in [0, 0.05) is 25.2 Å². The van der Waals surface area contributed by atoms with Crippen LogP contribution in [0.1, 0.15) is 36.3 Å². The predicted molar refractivity (Wildman–Crippen MR) is 93.2 cm³/mol. The number of amides is 1. The molecule has 0 spiro atoms. The first-order valence-corrected chi connectivity index (χ1v) is 8.02. The fourth-order valence-electron chi connectivity index (χ4n) is 2.29. The lowest BCUT2D eigenvalue weighted by Gasteiger charge is -2.21. The van der Waals surface area contributed by atoms with E-state index in [2.05, 4.69) is 24.0 Å². The third-order valence-electron chi connectivity index (χ3n) is 4.16. The highest BCUT2D eigenvalue weighted by Crippen LogP contribution is 2.18. The molecule has 0 radical (unpaired) electrons. The van der Waals surface area contributed by atoms with E-state index in [4.69, 9.17) is 5.73 Å². The molecule has 0 aliphatic rings. The van der Waals surface area contributed by atoms with Gasteiger partial charge < -0.3 is 10.6 Å². The normalized spacial score (nSPS) is 12.4. The van der Waals surface area contributed by atoms with Crippen molar-refractivity contribution in [2.45, 2.75) is 33.2 Å². The number of hydrogen-bond acceptors (Lipinski definition) is 3. The Labute approximate surface area is 137 Å². The molecule has 0 saturated carbocycles. The summed E-state index contributed by atoms with van der Waals surface area (Å²) in [4.78, 5) is 14.1. The second-order valence-corrected chi connectivity index (χ2v) is 6.46. The van der Waals surface area contributed by atoms with Crippen LogP contribution in [0.4, 0.5) is 0 Å². The number of nitrogens with zero attached hydrogens (tertiary/aromatic N) is 2. The fraction of sp³-hybridized carbons (Fsp3) is 0.444. The summed E-state index contributed by atoms with van der Waals surface area (Å²) in [6.45, 7) is 6.86. The molecule has 1 aromatic heterocycles. The van der Waals surface area contributed by atoms with Crippen molar-refractivity contribution >= 4 is 5.91 Å². The largest absolute Gasteiger partial charge is 0.340 e. The molecule has 23 heavy (non-hydrogen) atoms. The Morgan fingerprint density at radius 3 is 2.57 bits per heavy atom. The van der Waals surface area contributed by atoms with E-state index in [-0.39, 0.29) is 11.9 Å². The molecule has 0 aliphatic heterocycles. The van der Waals surface area contributed by atoms with E-state index in [1.807, 2.05) is 31.2 Å². The predicted octanol–water partition coefficient (Wildman–Crippen LogP) is 2.83. The second kappa shape index (κ2) is 7.42. The monoisotopic (exact) mass is 314 g/mol. The summed E-state index contributed by atoms with van der Waals surface area (Å²) < 4.78 is 0. The molecule has 1 aromatic carbocycles. The van der Waals surface area contributed by atoms with Gasteiger partial charge in [0.1, 0.15) is 5.69 Å². The zero-order valence-corrected chi connectivity index (χ0v) is 14.3. The van der Waals surface area contributed by atoms with Crippen LogP contribution in [0.2, 0.25) is 0 Å². The van der Waals surface area contributed by atoms with E-state index in [1.54, 1.807) is 18.0 Å². The topological polar surface area (TPSA) is 75.0 Å². The van der Waals surface area contributed by atoms with Crippen LogP contribution < -0.4 is 5.73 Å². The lowest BCUT2D eigenvalue weighted by molar-refractivity contribution is 0.0783. The summed E-state index contributed by atoms with van der Waals surface area (Å²) in [6.07, 6.45) is 0.791. The van der Waals surface area contributed by atoms with Gasteiger partial charge in [-0.3, -0.25) is 9.89 Å². The number of hydrogen-bond donors (Lipinski definition) is 2. The second-order valence-electron chi connectivity index (χ2n) is 6.46. The summed E-state index contributed by atoms with van der Waals surface area (Å²) in [5.74, 6) is 0.352. The molecule has 5 nitrogen and oxygen atoms in total. The van der Waals surface area contributed by atoms with Crippen LogP contribution >= 0.6 is 0 Å². The maximum Gasteiger partial charge on any atom is 0.271 e. The minimum absolute atomic E-state index is 0.0631. The molecule has 0 bridgehead atoms. The lowest BCUT2D eigenvalue weighted by Crippen LogP contribution is -2.34.